The van der Waals surface area contributed by atoms with Gasteiger partial charge in [-0.1, -0.05) is 0 Å². The zero-order valence-corrected chi connectivity index (χ0v) is 14.9. The van der Waals surface area contributed by atoms with Crippen LogP contribution in [0.25, 0.3) is 0 Å². The summed E-state index contributed by atoms with van der Waals surface area (Å²) in [7, 11) is 0. The van der Waals surface area contributed by atoms with Gasteiger partial charge >= 0.3 is 6.03 Å². The van der Waals surface area contributed by atoms with Crippen molar-refractivity contribution in [1.82, 2.24) is 10.2 Å². The minimum atomic E-state index is -0.290. The van der Waals surface area contributed by atoms with Crippen molar-refractivity contribution in [2.75, 3.05) is 18.4 Å². The summed E-state index contributed by atoms with van der Waals surface area (Å²) in [5, 5.41) is 5.63. The zero-order chi connectivity index (χ0) is 18.5. The number of rotatable bonds is 6. The van der Waals surface area contributed by atoms with E-state index in [9.17, 15) is 14.4 Å². The van der Waals surface area contributed by atoms with E-state index in [2.05, 4.69) is 10.6 Å². The second-order valence-corrected chi connectivity index (χ2v) is 7.21. The molecule has 26 heavy (non-hydrogen) atoms. The molecule has 4 amide bonds. The lowest BCUT2D eigenvalue weighted by molar-refractivity contribution is -0.118. The molecule has 1 aliphatic heterocycles. The Balaban J connectivity index is 1.53. The molecule has 2 fully saturated rings. The summed E-state index contributed by atoms with van der Waals surface area (Å²) >= 11 is 0. The van der Waals surface area contributed by atoms with Crippen LogP contribution in [-0.2, 0) is 4.79 Å². The number of carbonyl (C=O) groups excluding carboxylic acids is 3. The molecule has 1 atom stereocenters. The molecule has 1 saturated carbocycles. The second-order valence-electron chi connectivity index (χ2n) is 7.21. The Morgan fingerprint density at radius 3 is 2.50 bits per heavy atom. The van der Waals surface area contributed by atoms with E-state index in [1.54, 1.807) is 24.3 Å². The highest BCUT2D eigenvalue weighted by molar-refractivity contribution is 5.95. The van der Waals surface area contributed by atoms with E-state index in [4.69, 9.17) is 5.73 Å². The molecule has 7 nitrogen and oxygen atoms in total. The number of nitrogens with one attached hydrogen (secondary N) is 2. The average Bonchev–Trinajstić information content (AvgIpc) is 3.44. The number of anilines is 1. The number of nitrogens with two attached hydrogens (primary N) is 1. The zero-order valence-electron chi connectivity index (χ0n) is 14.9. The van der Waals surface area contributed by atoms with Gasteiger partial charge < -0.3 is 21.3 Å². The minimum Gasteiger partial charge on any atom is -0.370 e. The smallest absolute Gasteiger partial charge is 0.319 e. The summed E-state index contributed by atoms with van der Waals surface area (Å²) in [6.45, 7) is 1.39. The fraction of sp³-hybridized carbons (Fsp3) is 0.526. The minimum absolute atomic E-state index is 0.0113. The summed E-state index contributed by atoms with van der Waals surface area (Å²) in [4.78, 5) is 37.3. The van der Waals surface area contributed by atoms with Gasteiger partial charge in [-0.2, -0.15) is 0 Å². The number of primary amides is 1. The van der Waals surface area contributed by atoms with Crippen molar-refractivity contribution >= 4 is 23.5 Å². The van der Waals surface area contributed by atoms with Gasteiger partial charge in [0.05, 0.1) is 0 Å². The van der Waals surface area contributed by atoms with Crippen LogP contribution in [0.2, 0.25) is 0 Å². The fourth-order valence-electron chi connectivity index (χ4n) is 3.29. The van der Waals surface area contributed by atoms with Crippen molar-refractivity contribution in [2.24, 2.45) is 11.7 Å². The molecule has 3 rings (SSSR count). The molecule has 1 unspecified atom stereocenters. The van der Waals surface area contributed by atoms with Crippen molar-refractivity contribution in [3.05, 3.63) is 29.8 Å². The van der Waals surface area contributed by atoms with E-state index in [-0.39, 0.29) is 17.8 Å². The monoisotopic (exact) mass is 358 g/mol. The van der Waals surface area contributed by atoms with E-state index in [0.717, 1.165) is 38.6 Å². The molecular formula is C19H26N4O3. The Labute approximate surface area is 153 Å². The van der Waals surface area contributed by atoms with Crippen molar-refractivity contribution < 1.29 is 14.4 Å². The number of nitrogens with zero attached hydrogens (tertiary/aromatic N) is 1. The summed E-state index contributed by atoms with van der Waals surface area (Å²) in [6, 6.07) is 7.06. The van der Waals surface area contributed by atoms with Gasteiger partial charge in [-0.15, -0.1) is 0 Å². The first-order chi connectivity index (χ1) is 12.5. The topological polar surface area (TPSA) is 105 Å². The van der Waals surface area contributed by atoms with Gasteiger partial charge in [-0.05, 0) is 62.3 Å². The molecular weight excluding hydrogens is 332 g/mol. The molecule has 0 bridgehead atoms. The lowest BCUT2D eigenvalue weighted by Gasteiger charge is -2.32. The van der Waals surface area contributed by atoms with Crippen molar-refractivity contribution in [1.29, 1.82) is 0 Å². The maximum Gasteiger partial charge on any atom is 0.319 e. The molecule has 2 aliphatic rings. The number of benzene rings is 1. The summed E-state index contributed by atoms with van der Waals surface area (Å²) in [5.74, 6) is 0.0253. The molecule has 1 aromatic rings. The lowest BCUT2D eigenvalue weighted by Crippen LogP contribution is -2.40. The molecule has 1 heterocycles. The SMILES string of the molecule is NC(=O)CCC1CCCN(C(=O)c2ccc(NC(=O)NC3CC3)cc2)C1. The average molecular weight is 358 g/mol. The van der Waals surface area contributed by atoms with Gasteiger partial charge in [-0.25, -0.2) is 4.79 Å². The summed E-state index contributed by atoms with van der Waals surface area (Å²) in [5.41, 5.74) is 6.49. The predicted octanol–water partition coefficient (Wildman–Crippen LogP) is 2.09. The van der Waals surface area contributed by atoms with Crippen LogP contribution in [0.4, 0.5) is 10.5 Å². The van der Waals surface area contributed by atoms with E-state index in [1.165, 1.54) is 0 Å². The maximum absolute atomic E-state index is 12.7. The maximum atomic E-state index is 12.7. The molecule has 0 radical (unpaired) electrons. The van der Waals surface area contributed by atoms with E-state index >= 15 is 0 Å². The van der Waals surface area contributed by atoms with Crippen LogP contribution in [0.3, 0.4) is 0 Å². The molecule has 0 spiro atoms. The molecule has 1 saturated heterocycles. The largest absolute Gasteiger partial charge is 0.370 e. The Kier molecular flexibility index (Phi) is 5.75. The van der Waals surface area contributed by atoms with Crippen LogP contribution in [0.5, 0.6) is 0 Å². The predicted molar refractivity (Wildman–Crippen MR) is 98.7 cm³/mol. The first kappa shape index (κ1) is 18.2. The number of urea groups is 1. The number of carbonyl (C=O) groups is 3. The van der Waals surface area contributed by atoms with Crippen molar-refractivity contribution in [2.45, 2.75) is 44.6 Å². The Hall–Kier alpha value is -2.57. The van der Waals surface area contributed by atoms with Gasteiger partial charge in [0.25, 0.3) is 5.91 Å². The van der Waals surface area contributed by atoms with Gasteiger partial charge in [0.1, 0.15) is 0 Å². The molecule has 4 N–H and O–H groups in total. The molecule has 1 aromatic carbocycles. The van der Waals surface area contributed by atoms with Crippen LogP contribution in [-0.4, -0.2) is 41.9 Å². The van der Waals surface area contributed by atoms with E-state index in [0.29, 0.717) is 36.2 Å². The first-order valence-corrected chi connectivity index (χ1v) is 9.26. The van der Waals surface area contributed by atoms with Gasteiger partial charge in [-0.3, -0.25) is 9.59 Å². The third kappa shape index (κ3) is 5.21. The highest BCUT2D eigenvalue weighted by atomic mass is 16.2. The number of hydrogen-bond donors (Lipinski definition) is 3. The number of amides is 4. The normalized spacial score (nSPS) is 19.7. The van der Waals surface area contributed by atoms with Crippen molar-refractivity contribution in [3.63, 3.8) is 0 Å². The van der Waals surface area contributed by atoms with Gasteiger partial charge in [0, 0.05) is 36.8 Å². The quantitative estimate of drug-likeness (QED) is 0.725. The number of hydrogen-bond acceptors (Lipinski definition) is 3. The summed E-state index contributed by atoms with van der Waals surface area (Å²) < 4.78 is 0. The third-order valence-electron chi connectivity index (χ3n) is 4.91. The van der Waals surface area contributed by atoms with Crippen LogP contribution >= 0.6 is 0 Å². The molecule has 0 aromatic heterocycles. The van der Waals surface area contributed by atoms with Crippen LogP contribution in [0.15, 0.2) is 24.3 Å². The third-order valence-corrected chi connectivity index (χ3v) is 4.91. The van der Waals surface area contributed by atoms with E-state index in [1.807, 2.05) is 4.90 Å². The molecule has 1 aliphatic carbocycles. The lowest BCUT2D eigenvalue weighted by atomic mass is 9.93. The van der Waals surface area contributed by atoms with Crippen LogP contribution < -0.4 is 16.4 Å². The Bertz CT molecular complexity index is 670. The Morgan fingerprint density at radius 1 is 1.12 bits per heavy atom. The second kappa shape index (κ2) is 8.21. The van der Waals surface area contributed by atoms with E-state index < -0.39 is 0 Å². The number of likely N-dealkylation sites (tertiary alicyclic amines) is 1. The Morgan fingerprint density at radius 2 is 1.85 bits per heavy atom. The highest BCUT2D eigenvalue weighted by Crippen LogP contribution is 2.23. The highest BCUT2D eigenvalue weighted by Gasteiger charge is 2.25. The fourth-order valence-corrected chi connectivity index (χ4v) is 3.29. The van der Waals surface area contributed by atoms with Crippen LogP contribution in [0.1, 0.15) is 48.9 Å². The van der Waals surface area contributed by atoms with Gasteiger partial charge in [0.15, 0.2) is 0 Å². The van der Waals surface area contributed by atoms with Crippen molar-refractivity contribution in [3.8, 4) is 0 Å². The van der Waals surface area contributed by atoms with Crippen LogP contribution in [0, 0.1) is 5.92 Å². The molecule has 7 heteroatoms. The molecule has 140 valence electrons. The first-order valence-electron chi connectivity index (χ1n) is 9.26. The van der Waals surface area contributed by atoms with Gasteiger partial charge in [0.2, 0.25) is 5.91 Å². The standard InChI is InChI=1S/C19H26N4O3/c20-17(24)10-3-13-2-1-11-23(12-13)18(25)14-4-6-15(7-5-14)21-19(26)22-16-8-9-16/h4-7,13,16H,1-3,8-12H2,(H2,20,24)(H2,21,22,26). The number of piperidine rings is 1. The summed E-state index contributed by atoms with van der Waals surface area (Å²) in [6.07, 6.45) is 5.15.